The van der Waals surface area contributed by atoms with E-state index in [1.807, 2.05) is 36.7 Å². The minimum atomic E-state index is -0.667. The summed E-state index contributed by atoms with van der Waals surface area (Å²) in [5.74, 6) is -0.387. The van der Waals surface area contributed by atoms with Crippen molar-refractivity contribution in [1.82, 2.24) is 15.0 Å². The van der Waals surface area contributed by atoms with E-state index in [1.54, 1.807) is 18.2 Å². The Morgan fingerprint density at radius 2 is 2.08 bits per heavy atom. The van der Waals surface area contributed by atoms with E-state index in [0.717, 1.165) is 17.0 Å². The Hall–Kier alpha value is -2.18. The first-order chi connectivity index (χ1) is 11.9. The highest BCUT2D eigenvalue weighted by Gasteiger charge is 2.25. The van der Waals surface area contributed by atoms with E-state index in [-0.39, 0.29) is 18.4 Å². The molecular weight excluding hydrogens is 342 g/mol. The number of rotatable bonds is 4. The number of halogens is 1. The molecule has 0 aliphatic carbocycles. The Morgan fingerprint density at radius 1 is 1.36 bits per heavy atom. The lowest BCUT2D eigenvalue weighted by atomic mass is 10.0. The summed E-state index contributed by atoms with van der Waals surface area (Å²) >= 11 is 5.96. The van der Waals surface area contributed by atoms with Crippen molar-refractivity contribution in [3.05, 3.63) is 41.1 Å². The number of aromatic nitrogens is 3. The molecule has 2 aromatic rings. The molecule has 0 spiro atoms. The zero-order valence-corrected chi connectivity index (χ0v) is 14.8. The summed E-state index contributed by atoms with van der Waals surface area (Å²) in [5.41, 5.74) is 2.44. The monoisotopic (exact) mass is 361 g/mol. The first-order valence-electron chi connectivity index (χ1n) is 8.21. The number of cyclic esters (lactones) is 1. The quantitative estimate of drug-likeness (QED) is 0.846. The molecule has 25 heavy (non-hydrogen) atoms. The molecular formula is C18H20ClN3O3. The molecule has 6 nitrogen and oxygen atoms in total. The molecule has 1 fully saturated rings. The number of nitrogens with zero attached hydrogens (tertiary/aromatic N) is 3. The van der Waals surface area contributed by atoms with Crippen LogP contribution in [0.2, 0.25) is 5.02 Å². The molecule has 2 heterocycles. The molecule has 1 saturated heterocycles. The van der Waals surface area contributed by atoms with Crippen molar-refractivity contribution < 1.29 is 14.6 Å². The van der Waals surface area contributed by atoms with Gasteiger partial charge in [-0.2, -0.15) is 0 Å². The van der Waals surface area contributed by atoms with Crippen LogP contribution in [0, 0.1) is 0 Å². The molecule has 7 heteroatoms. The van der Waals surface area contributed by atoms with E-state index in [4.69, 9.17) is 16.3 Å². The number of aliphatic hydroxyl groups is 1. The number of aliphatic hydroxyl groups excluding tert-OH is 1. The Labute approximate surface area is 151 Å². The predicted molar refractivity (Wildman–Crippen MR) is 95.0 cm³/mol. The second-order valence-corrected chi connectivity index (χ2v) is 6.79. The number of hydrogen-bond donors (Lipinski definition) is 1. The lowest BCUT2D eigenvalue weighted by Crippen LogP contribution is -2.31. The summed E-state index contributed by atoms with van der Waals surface area (Å²) < 4.78 is 7.07. The van der Waals surface area contributed by atoms with Gasteiger partial charge in [-0.05, 0) is 38.1 Å². The van der Waals surface area contributed by atoms with Crippen molar-refractivity contribution in [2.75, 3.05) is 0 Å². The largest absolute Gasteiger partial charge is 0.458 e. The summed E-state index contributed by atoms with van der Waals surface area (Å²) in [7, 11) is 0. The van der Waals surface area contributed by atoms with E-state index in [2.05, 4.69) is 10.3 Å². The Balaban J connectivity index is 1.93. The number of carbonyl (C=O) groups excluding carboxylic acids is 1. The first-order valence-corrected chi connectivity index (χ1v) is 8.58. The predicted octanol–water partition coefficient (Wildman–Crippen LogP) is 3.26. The minimum Gasteiger partial charge on any atom is -0.458 e. The zero-order valence-electron chi connectivity index (χ0n) is 14.1. The molecule has 0 bridgehead atoms. The van der Waals surface area contributed by atoms with Gasteiger partial charge in [0.25, 0.3) is 0 Å². The topological polar surface area (TPSA) is 77.2 Å². The smallest absolute Gasteiger partial charge is 0.309 e. The van der Waals surface area contributed by atoms with E-state index in [9.17, 15) is 9.90 Å². The minimum absolute atomic E-state index is 0.0475. The zero-order chi connectivity index (χ0) is 18.0. The molecule has 132 valence electrons. The third-order valence-electron chi connectivity index (χ3n) is 4.00. The van der Waals surface area contributed by atoms with Gasteiger partial charge in [-0.1, -0.05) is 28.9 Å². The van der Waals surface area contributed by atoms with Crippen molar-refractivity contribution in [1.29, 1.82) is 0 Å². The van der Waals surface area contributed by atoms with Crippen molar-refractivity contribution in [3.8, 4) is 11.3 Å². The molecule has 1 aliphatic rings. The van der Waals surface area contributed by atoms with Crippen LogP contribution in [-0.2, 0) is 9.53 Å². The van der Waals surface area contributed by atoms with Gasteiger partial charge in [-0.15, -0.1) is 5.10 Å². The lowest BCUT2D eigenvalue weighted by Gasteiger charge is -2.23. The molecule has 2 atom stereocenters. The maximum Gasteiger partial charge on any atom is 0.309 e. The third-order valence-corrected chi connectivity index (χ3v) is 4.25. The van der Waals surface area contributed by atoms with Crippen LogP contribution in [-0.4, -0.2) is 38.3 Å². The average Bonchev–Trinajstić information content (AvgIpc) is 2.97. The van der Waals surface area contributed by atoms with E-state index >= 15 is 0 Å². The number of ether oxygens (including phenoxy) is 1. The number of benzene rings is 1. The van der Waals surface area contributed by atoms with Crippen molar-refractivity contribution in [2.45, 2.75) is 44.9 Å². The second kappa shape index (κ2) is 7.37. The van der Waals surface area contributed by atoms with Crippen LogP contribution in [0.3, 0.4) is 0 Å². The lowest BCUT2D eigenvalue weighted by molar-refractivity contribution is -0.156. The van der Waals surface area contributed by atoms with Crippen molar-refractivity contribution in [3.63, 3.8) is 0 Å². The highest BCUT2D eigenvalue weighted by atomic mass is 35.5. The van der Waals surface area contributed by atoms with Gasteiger partial charge in [0, 0.05) is 23.0 Å². The maximum atomic E-state index is 11.5. The third kappa shape index (κ3) is 4.08. The van der Waals surface area contributed by atoms with Crippen molar-refractivity contribution in [2.24, 2.45) is 0 Å². The second-order valence-electron chi connectivity index (χ2n) is 6.35. The van der Waals surface area contributed by atoms with Crippen LogP contribution >= 0.6 is 11.6 Å². The average molecular weight is 362 g/mol. The molecule has 2 unspecified atom stereocenters. The highest BCUT2D eigenvalue weighted by Crippen LogP contribution is 2.26. The standard InChI is InChI=1S/C18H20ClN3O3/c1-11(2)22-16(8-7-15-9-14(23)10-17(24)25-15)18(20-21-22)12-3-5-13(19)6-4-12/h3-8,11,14-15,23H,9-10H2,1-2H3/b8-7+. The molecule has 1 N–H and O–H groups in total. The van der Waals surface area contributed by atoms with Crippen LogP contribution in [0.15, 0.2) is 30.3 Å². The summed E-state index contributed by atoms with van der Waals surface area (Å²) in [4.78, 5) is 11.5. The molecule has 1 aromatic carbocycles. The Morgan fingerprint density at radius 3 is 2.72 bits per heavy atom. The van der Waals surface area contributed by atoms with Crippen molar-refractivity contribution >= 4 is 23.6 Å². The fraction of sp³-hybridized carbons (Fsp3) is 0.389. The normalized spacial score (nSPS) is 21.1. The molecule has 0 radical (unpaired) electrons. The van der Waals surface area contributed by atoms with E-state index in [1.165, 1.54) is 0 Å². The fourth-order valence-electron chi connectivity index (χ4n) is 2.78. The SMILES string of the molecule is CC(C)n1nnc(-c2ccc(Cl)cc2)c1/C=C/C1CC(O)CC(=O)O1. The van der Waals surface area contributed by atoms with Gasteiger partial charge in [0.2, 0.25) is 0 Å². The van der Waals surface area contributed by atoms with Crippen LogP contribution in [0.25, 0.3) is 17.3 Å². The summed E-state index contributed by atoms with van der Waals surface area (Å²) in [6, 6.07) is 7.50. The van der Waals surface area contributed by atoms with Crippen LogP contribution < -0.4 is 0 Å². The number of esters is 1. The van der Waals surface area contributed by atoms with Gasteiger partial charge in [-0.3, -0.25) is 4.79 Å². The maximum absolute atomic E-state index is 11.5. The van der Waals surface area contributed by atoms with Gasteiger partial charge < -0.3 is 9.84 Å². The van der Waals surface area contributed by atoms with E-state index < -0.39 is 12.2 Å². The molecule has 0 saturated carbocycles. The Kier molecular flexibility index (Phi) is 5.20. The molecule has 1 aromatic heterocycles. The number of hydrogen-bond acceptors (Lipinski definition) is 5. The van der Waals surface area contributed by atoms with Gasteiger partial charge in [0.1, 0.15) is 11.8 Å². The van der Waals surface area contributed by atoms with Gasteiger partial charge >= 0.3 is 5.97 Å². The summed E-state index contributed by atoms with van der Waals surface area (Å²) in [6.07, 6.45) is 2.94. The van der Waals surface area contributed by atoms with Gasteiger partial charge in [-0.25, -0.2) is 4.68 Å². The van der Waals surface area contributed by atoms with Crippen LogP contribution in [0.4, 0.5) is 0 Å². The van der Waals surface area contributed by atoms with Crippen LogP contribution in [0.5, 0.6) is 0 Å². The van der Waals surface area contributed by atoms with Gasteiger partial charge in [0.15, 0.2) is 0 Å². The summed E-state index contributed by atoms with van der Waals surface area (Å²) in [6.45, 7) is 4.03. The Bertz CT molecular complexity index is 783. The highest BCUT2D eigenvalue weighted by molar-refractivity contribution is 6.30. The van der Waals surface area contributed by atoms with E-state index in [0.29, 0.717) is 11.4 Å². The van der Waals surface area contributed by atoms with Gasteiger partial charge in [0.05, 0.1) is 18.2 Å². The first kappa shape index (κ1) is 17.6. The number of carbonyl (C=O) groups is 1. The fourth-order valence-corrected chi connectivity index (χ4v) is 2.90. The van der Waals surface area contributed by atoms with Crippen LogP contribution in [0.1, 0.15) is 38.4 Å². The molecule has 0 amide bonds. The summed E-state index contributed by atoms with van der Waals surface area (Å²) in [5, 5.41) is 18.9. The molecule has 3 rings (SSSR count). The molecule has 1 aliphatic heterocycles.